The zero-order valence-corrected chi connectivity index (χ0v) is 9.58. The summed E-state index contributed by atoms with van der Waals surface area (Å²) in [6.07, 6.45) is 4.28. The van der Waals surface area contributed by atoms with Crippen LogP contribution in [0.1, 0.15) is 24.8 Å². The summed E-state index contributed by atoms with van der Waals surface area (Å²) in [4.78, 5) is 0. The Bertz CT molecular complexity index is 399. The molecule has 0 amide bonds. The van der Waals surface area contributed by atoms with Crippen LogP contribution in [0.15, 0.2) is 18.2 Å². The van der Waals surface area contributed by atoms with Crippen molar-refractivity contribution < 1.29 is 9.47 Å². The molecule has 1 aliphatic heterocycles. The quantitative estimate of drug-likeness (QED) is 0.844. The number of likely N-dealkylation sites (N-methyl/N-ethyl adjacent to an activating group) is 1. The molecule has 1 aromatic rings. The van der Waals surface area contributed by atoms with Gasteiger partial charge in [0.2, 0.25) is 0 Å². The lowest BCUT2D eigenvalue weighted by Gasteiger charge is -2.35. The van der Waals surface area contributed by atoms with Gasteiger partial charge in [0.05, 0.1) is 0 Å². The van der Waals surface area contributed by atoms with E-state index in [4.69, 9.17) is 9.47 Å². The SMILES string of the molecule is CNCCc1ccc2c(c1)OC1(CCC1)O2. The monoisotopic (exact) mass is 219 g/mol. The van der Waals surface area contributed by atoms with Gasteiger partial charge in [-0.3, -0.25) is 0 Å². The summed E-state index contributed by atoms with van der Waals surface area (Å²) >= 11 is 0. The topological polar surface area (TPSA) is 30.5 Å². The molecule has 1 fully saturated rings. The Hall–Kier alpha value is -1.22. The highest BCUT2D eigenvalue weighted by atomic mass is 16.7. The summed E-state index contributed by atoms with van der Waals surface area (Å²) in [6.45, 7) is 0.991. The van der Waals surface area contributed by atoms with E-state index in [2.05, 4.69) is 17.4 Å². The second-order valence-electron chi connectivity index (χ2n) is 4.60. The first-order valence-corrected chi connectivity index (χ1v) is 5.97. The first-order valence-electron chi connectivity index (χ1n) is 5.97. The van der Waals surface area contributed by atoms with E-state index in [9.17, 15) is 0 Å². The molecule has 86 valence electrons. The minimum absolute atomic E-state index is 0.302. The number of nitrogens with one attached hydrogen (secondary N) is 1. The molecular weight excluding hydrogens is 202 g/mol. The van der Waals surface area contributed by atoms with Crippen molar-refractivity contribution in [2.75, 3.05) is 13.6 Å². The third-order valence-electron chi connectivity index (χ3n) is 3.38. The maximum absolute atomic E-state index is 5.91. The summed E-state index contributed by atoms with van der Waals surface area (Å²) < 4.78 is 11.8. The van der Waals surface area contributed by atoms with Gasteiger partial charge in [-0.2, -0.15) is 0 Å². The largest absolute Gasteiger partial charge is 0.448 e. The van der Waals surface area contributed by atoms with E-state index in [0.717, 1.165) is 37.3 Å². The van der Waals surface area contributed by atoms with E-state index in [1.165, 1.54) is 12.0 Å². The third kappa shape index (κ3) is 1.55. The van der Waals surface area contributed by atoms with E-state index in [1.54, 1.807) is 0 Å². The molecule has 0 atom stereocenters. The summed E-state index contributed by atoms with van der Waals surface area (Å²) in [5.74, 6) is 1.53. The molecule has 0 aromatic heterocycles. The molecular formula is C13H17NO2. The fraction of sp³-hybridized carbons (Fsp3) is 0.538. The molecule has 0 bridgehead atoms. The first-order chi connectivity index (χ1) is 7.81. The van der Waals surface area contributed by atoms with Crippen LogP contribution in [0.3, 0.4) is 0 Å². The standard InChI is InChI=1S/C13H17NO2/c1-14-8-5-10-3-4-11-12(9-10)16-13(15-11)6-2-7-13/h3-4,9,14H,2,5-8H2,1H3. The normalized spacial score (nSPS) is 19.8. The van der Waals surface area contributed by atoms with Crippen molar-refractivity contribution in [3.8, 4) is 11.5 Å². The second-order valence-corrected chi connectivity index (χ2v) is 4.60. The summed E-state index contributed by atoms with van der Waals surface area (Å²) in [5.41, 5.74) is 1.30. The first kappa shape index (κ1) is 9.97. The molecule has 1 saturated carbocycles. The van der Waals surface area contributed by atoms with Crippen molar-refractivity contribution in [1.82, 2.24) is 5.32 Å². The molecule has 3 heteroatoms. The Balaban J connectivity index is 1.77. The van der Waals surface area contributed by atoms with E-state index in [-0.39, 0.29) is 5.79 Å². The van der Waals surface area contributed by atoms with Crippen LogP contribution in [-0.2, 0) is 6.42 Å². The molecule has 3 rings (SSSR count). The smallest absolute Gasteiger partial charge is 0.251 e. The molecule has 0 radical (unpaired) electrons. The predicted octanol–water partition coefficient (Wildman–Crippen LogP) is 2.10. The van der Waals surface area contributed by atoms with Crippen molar-refractivity contribution >= 4 is 0 Å². The van der Waals surface area contributed by atoms with Gasteiger partial charge < -0.3 is 14.8 Å². The number of rotatable bonds is 3. The van der Waals surface area contributed by atoms with Crippen molar-refractivity contribution in [1.29, 1.82) is 0 Å². The Labute approximate surface area is 95.8 Å². The van der Waals surface area contributed by atoms with Gasteiger partial charge in [0.15, 0.2) is 11.5 Å². The maximum Gasteiger partial charge on any atom is 0.251 e. The number of hydrogen-bond donors (Lipinski definition) is 1. The van der Waals surface area contributed by atoms with Crippen molar-refractivity contribution in [3.05, 3.63) is 23.8 Å². The zero-order chi connectivity index (χ0) is 11.0. The van der Waals surface area contributed by atoms with Gasteiger partial charge in [-0.25, -0.2) is 0 Å². The van der Waals surface area contributed by atoms with Crippen LogP contribution >= 0.6 is 0 Å². The summed E-state index contributed by atoms with van der Waals surface area (Å²) in [5, 5.41) is 3.15. The Morgan fingerprint density at radius 3 is 2.75 bits per heavy atom. The Morgan fingerprint density at radius 1 is 1.25 bits per heavy atom. The molecule has 3 nitrogen and oxygen atoms in total. The van der Waals surface area contributed by atoms with Gasteiger partial charge in [-0.15, -0.1) is 0 Å². The van der Waals surface area contributed by atoms with Gasteiger partial charge >= 0.3 is 0 Å². The van der Waals surface area contributed by atoms with Crippen molar-refractivity contribution in [2.24, 2.45) is 0 Å². The molecule has 1 N–H and O–H groups in total. The van der Waals surface area contributed by atoms with Crippen LogP contribution in [0.2, 0.25) is 0 Å². The number of hydrogen-bond acceptors (Lipinski definition) is 3. The molecule has 0 saturated heterocycles. The van der Waals surface area contributed by atoms with Crippen LogP contribution < -0.4 is 14.8 Å². The lowest BCUT2D eigenvalue weighted by atomic mass is 9.91. The average Bonchev–Trinajstić information content (AvgIpc) is 2.64. The minimum atomic E-state index is -0.302. The third-order valence-corrected chi connectivity index (χ3v) is 3.38. The highest BCUT2D eigenvalue weighted by Gasteiger charge is 2.47. The number of benzene rings is 1. The molecule has 1 spiro atoms. The highest BCUT2D eigenvalue weighted by molar-refractivity contribution is 5.46. The van der Waals surface area contributed by atoms with E-state index >= 15 is 0 Å². The second kappa shape index (κ2) is 3.67. The molecule has 0 unspecified atom stereocenters. The van der Waals surface area contributed by atoms with Crippen LogP contribution in [0.4, 0.5) is 0 Å². The molecule has 1 heterocycles. The minimum Gasteiger partial charge on any atom is -0.448 e. The van der Waals surface area contributed by atoms with Crippen molar-refractivity contribution in [2.45, 2.75) is 31.5 Å². The molecule has 2 aliphatic rings. The number of ether oxygens (including phenoxy) is 2. The maximum atomic E-state index is 5.91. The van der Waals surface area contributed by atoms with Gasteiger partial charge in [0.1, 0.15) is 0 Å². The van der Waals surface area contributed by atoms with E-state index in [0.29, 0.717) is 0 Å². The van der Waals surface area contributed by atoms with E-state index in [1.807, 2.05) is 13.1 Å². The molecule has 16 heavy (non-hydrogen) atoms. The van der Waals surface area contributed by atoms with Gasteiger partial charge in [-0.05, 0) is 44.1 Å². The van der Waals surface area contributed by atoms with Crippen LogP contribution in [0.5, 0.6) is 11.5 Å². The van der Waals surface area contributed by atoms with Gasteiger partial charge in [0.25, 0.3) is 5.79 Å². The van der Waals surface area contributed by atoms with E-state index < -0.39 is 0 Å². The highest BCUT2D eigenvalue weighted by Crippen LogP contribution is 2.48. The Kier molecular flexibility index (Phi) is 2.28. The molecule has 1 aromatic carbocycles. The van der Waals surface area contributed by atoms with Crippen molar-refractivity contribution in [3.63, 3.8) is 0 Å². The van der Waals surface area contributed by atoms with Gasteiger partial charge in [-0.1, -0.05) is 6.07 Å². The number of fused-ring (bicyclic) bond motifs is 1. The van der Waals surface area contributed by atoms with Crippen LogP contribution in [-0.4, -0.2) is 19.4 Å². The van der Waals surface area contributed by atoms with Crippen LogP contribution in [0.25, 0.3) is 0 Å². The lowest BCUT2D eigenvalue weighted by Crippen LogP contribution is -2.45. The summed E-state index contributed by atoms with van der Waals surface area (Å²) in [7, 11) is 1.97. The fourth-order valence-corrected chi connectivity index (χ4v) is 2.23. The average molecular weight is 219 g/mol. The zero-order valence-electron chi connectivity index (χ0n) is 9.58. The van der Waals surface area contributed by atoms with Gasteiger partial charge in [0, 0.05) is 12.8 Å². The lowest BCUT2D eigenvalue weighted by molar-refractivity contribution is -0.138. The molecule has 1 aliphatic carbocycles. The fourth-order valence-electron chi connectivity index (χ4n) is 2.23. The van der Waals surface area contributed by atoms with Crippen LogP contribution in [0, 0.1) is 0 Å². The predicted molar refractivity (Wildman–Crippen MR) is 61.9 cm³/mol. The summed E-state index contributed by atoms with van der Waals surface area (Å²) in [6, 6.07) is 6.27. The Morgan fingerprint density at radius 2 is 2.06 bits per heavy atom.